The normalized spacial score (nSPS) is 18.4. The van der Waals surface area contributed by atoms with Gasteiger partial charge in [0.15, 0.2) is 0 Å². The molecule has 0 N–H and O–H groups in total. The summed E-state index contributed by atoms with van der Waals surface area (Å²) in [5, 5.41) is 10.4. The predicted octanol–water partition coefficient (Wildman–Crippen LogP) is 3.94. The molecule has 3 heteroatoms. The summed E-state index contributed by atoms with van der Waals surface area (Å²) in [5.41, 5.74) is 0.396. The molecule has 0 atom stereocenters. The molecule has 0 spiro atoms. The van der Waals surface area contributed by atoms with E-state index >= 15 is 0 Å². The van der Waals surface area contributed by atoms with E-state index in [9.17, 15) is 5.26 Å². The lowest BCUT2D eigenvalue weighted by Crippen LogP contribution is -2.32. The van der Waals surface area contributed by atoms with E-state index in [1.54, 1.807) is 18.2 Å². The first kappa shape index (κ1) is 9.83. The molecular weight excluding hydrogens is 217 g/mol. The van der Waals surface area contributed by atoms with E-state index in [0.717, 1.165) is 24.8 Å². The van der Waals surface area contributed by atoms with Gasteiger partial charge < -0.3 is 0 Å². The van der Waals surface area contributed by atoms with Crippen molar-refractivity contribution >= 4 is 23.2 Å². The minimum Gasteiger partial charge on any atom is -0.197 e. The van der Waals surface area contributed by atoms with E-state index in [1.165, 1.54) is 0 Å². The Balaban J connectivity index is 2.56. The number of nitrogens with zero attached hydrogens (tertiary/aromatic N) is 1. The maximum absolute atomic E-state index is 9.17. The number of halogens is 2. The molecular formula is C11H9Cl2N. The minimum atomic E-state index is -0.421. The van der Waals surface area contributed by atoms with Crippen LogP contribution in [0, 0.1) is 11.3 Å². The molecule has 0 saturated heterocycles. The van der Waals surface area contributed by atoms with Crippen LogP contribution in [0.4, 0.5) is 0 Å². The first-order chi connectivity index (χ1) is 6.69. The number of rotatable bonds is 1. The Kier molecular flexibility index (Phi) is 2.43. The fraction of sp³-hybridized carbons (Fsp3) is 0.364. The summed E-state index contributed by atoms with van der Waals surface area (Å²) in [7, 11) is 0. The van der Waals surface area contributed by atoms with Crippen molar-refractivity contribution in [3.8, 4) is 6.07 Å². The first-order valence-electron chi connectivity index (χ1n) is 4.55. The van der Waals surface area contributed by atoms with Crippen molar-refractivity contribution in [3.63, 3.8) is 0 Å². The summed E-state index contributed by atoms with van der Waals surface area (Å²) >= 11 is 12.1. The molecule has 1 aliphatic carbocycles. The zero-order valence-corrected chi connectivity index (χ0v) is 9.07. The molecule has 1 nitrogen and oxygen atoms in total. The van der Waals surface area contributed by atoms with E-state index < -0.39 is 5.41 Å². The minimum absolute atomic E-state index is 0.421. The maximum Gasteiger partial charge on any atom is 0.0851 e. The van der Waals surface area contributed by atoms with Crippen molar-refractivity contribution in [3.05, 3.63) is 33.8 Å². The van der Waals surface area contributed by atoms with Crippen LogP contribution in [0.25, 0.3) is 0 Å². The highest BCUT2D eigenvalue weighted by molar-refractivity contribution is 6.36. The monoisotopic (exact) mass is 225 g/mol. The van der Waals surface area contributed by atoms with Crippen LogP contribution >= 0.6 is 23.2 Å². The van der Waals surface area contributed by atoms with Gasteiger partial charge in [-0.3, -0.25) is 0 Å². The van der Waals surface area contributed by atoms with E-state index in [2.05, 4.69) is 6.07 Å². The lowest BCUT2D eigenvalue weighted by Gasteiger charge is -2.36. The van der Waals surface area contributed by atoms with Gasteiger partial charge in [-0.2, -0.15) is 5.26 Å². The van der Waals surface area contributed by atoms with Gasteiger partial charge in [0.2, 0.25) is 0 Å². The van der Waals surface area contributed by atoms with Gasteiger partial charge in [-0.25, -0.2) is 0 Å². The highest BCUT2D eigenvalue weighted by Crippen LogP contribution is 2.48. The molecule has 1 fully saturated rings. The molecule has 1 aliphatic rings. The Morgan fingerprint density at radius 2 is 1.79 bits per heavy atom. The molecule has 0 aliphatic heterocycles. The third-order valence-electron chi connectivity index (χ3n) is 2.86. The van der Waals surface area contributed by atoms with E-state index in [0.29, 0.717) is 10.0 Å². The second kappa shape index (κ2) is 3.46. The van der Waals surface area contributed by atoms with Crippen LogP contribution in [0.5, 0.6) is 0 Å². The van der Waals surface area contributed by atoms with Crippen LogP contribution in [0.1, 0.15) is 24.8 Å². The average Bonchev–Trinajstić information content (AvgIpc) is 2.08. The molecule has 0 unspecified atom stereocenters. The Morgan fingerprint density at radius 3 is 2.14 bits per heavy atom. The van der Waals surface area contributed by atoms with Crippen molar-refractivity contribution in [2.75, 3.05) is 0 Å². The van der Waals surface area contributed by atoms with Crippen LogP contribution in [-0.4, -0.2) is 0 Å². The summed E-state index contributed by atoms with van der Waals surface area (Å²) in [4.78, 5) is 0. The lowest BCUT2D eigenvalue weighted by molar-refractivity contribution is 0.324. The Bertz CT molecular complexity index is 382. The lowest BCUT2D eigenvalue weighted by atomic mass is 9.65. The molecule has 0 aromatic heterocycles. The van der Waals surface area contributed by atoms with Gasteiger partial charge in [-0.05, 0) is 31.4 Å². The predicted molar refractivity (Wildman–Crippen MR) is 57.6 cm³/mol. The number of hydrogen-bond acceptors (Lipinski definition) is 1. The fourth-order valence-electron chi connectivity index (χ4n) is 1.90. The Labute approximate surface area is 93.2 Å². The van der Waals surface area contributed by atoms with Gasteiger partial charge in [0, 0.05) is 15.6 Å². The van der Waals surface area contributed by atoms with Crippen molar-refractivity contribution in [1.29, 1.82) is 5.26 Å². The first-order valence-corrected chi connectivity index (χ1v) is 5.31. The smallest absolute Gasteiger partial charge is 0.0851 e. The Morgan fingerprint density at radius 1 is 1.21 bits per heavy atom. The SMILES string of the molecule is N#CC1(c2c(Cl)cccc2Cl)CCC1. The second-order valence-electron chi connectivity index (χ2n) is 3.64. The maximum atomic E-state index is 9.17. The van der Waals surface area contributed by atoms with Crippen molar-refractivity contribution in [2.45, 2.75) is 24.7 Å². The molecule has 14 heavy (non-hydrogen) atoms. The second-order valence-corrected chi connectivity index (χ2v) is 4.46. The third kappa shape index (κ3) is 1.30. The van der Waals surface area contributed by atoms with Gasteiger partial charge in [-0.15, -0.1) is 0 Å². The van der Waals surface area contributed by atoms with Crippen molar-refractivity contribution in [2.24, 2.45) is 0 Å². The zero-order chi connectivity index (χ0) is 10.2. The highest BCUT2D eigenvalue weighted by Gasteiger charge is 2.41. The standard InChI is InChI=1S/C11H9Cl2N/c12-8-3-1-4-9(13)10(8)11(7-14)5-2-6-11/h1,3-4H,2,5-6H2. The van der Waals surface area contributed by atoms with Crippen LogP contribution in [0.15, 0.2) is 18.2 Å². The third-order valence-corrected chi connectivity index (χ3v) is 3.49. The fourth-order valence-corrected chi connectivity index (χ4v) is 2.66. The van der Waals surface area contributed by atoms with Gasteiger partial charge in [0.1, 0.15) is 0 Å². The van der Waals surface area contributed by atoms with E-state index in [-0.39, 0.29) is 0 Å². The molecule has 0 heterocycles. The molecule has 2 rings (SSSR count). The molecule has 0 radical (unpaired) electrons. The average molecular weight is 226 g/mol. The molecule has 0 amide bonds. The van der Waals surface area contributed by atoms with Crippen molar-refractivity contribution in [1.82, 2.24) is 0 Å². The quantitative estimate of drug-likeness (QED) is 0.711. The summed E-state index contributed by atoms with van der Waals surface area (Å²) in [6.07, 6.45) is 2.81. The van der Waals surface area contributed by atoms with Gasteiger partial charge in [0.05, 0.1) is 11.5 Å². The summed E-state index contributed by atoms with van der Waals surface area (Å²) < 4.78 is 0. The molecule has 0 bridgehead atoms. The van der Waals surface area contributed by atoms with Crippen LogP contribution < -0.4 is 0 Å². The van der Waals surface area contributed by atoms with Crippen molar-refractivity contribution < 1.29 is 0 Å². The molecule has 72 valence electrons. The largest absolute Gasteiger partial charge is 0.197 e. The summed E-state index contributed by atoms with van der Waals surface area (Å²) in [6.45, 7) is 0. The summed E-state index contributed by atoms with van der Waals surface area (Å²) in [5.74, 6) is 0. The van der Waals surface area contributed by atoms with E-state index in [4.69, 9.17) is 23.2 Å². The molecule has 1 saturated carbocycles. The number of nitriles is 1. The Hall–Kier alpha value is -0.710. The topological polar surface area (TPSA) is 23.8 Å². The summed E-state index contributed by atoms with van der Waals surface area (Å²) in [6, 6.07) is 7.73. The molecule has 1 aromatic rings. The number of hydrogen-bond donors (Lipinski definition) is 0. The van der Waals surface area contributed by atoms with Gasteiger partial charge in [-0.1, -0.05) is 29.3 Å². The van der Waals surface area contributed by atoms with Gasteiger partial charge in [0.25, 0.3) is 0 Å². The molecule has 1 aromatic carbocycles. The zero-order valence-electron chi connectivity index (χ0n) is 7.56. The number of benzene rings is 1. The van der Waals surface area contributed by atoms with Crippen LogP contribution in [0.3, 0.4) is 0 Å². The van der Waals surface area contributed by atoms with Gasteiger partial charge >= 0.3 is 0 Å². The highest BCUT2D eigenvalue weighted by atomic mass is 35.5. The van der Waals surface area contributed by atoms with Crippen LogP contribution in [0.2, 0.25) is 10.0 Å². The van der Waals surface area contributed by atoms with Crippen LogP contribution in [-0.2, 0) is 5.41 Å². The van der Waals surface area contributed by atoms with E-state index in [1.807, 2.05) is 0 Å².